The summed E-state index contributed by atoms with van der Waals surface area (Å²) in [7, 11) is 6.22. The number of oxime groups is 1. The minimum atomic E-state index is 0.0674. The molecule has 0 aliphatic carbocycles. The summed E-state index contributed by atoms with van der Waals surface area (Å²) in [6.07, 6.45) is 1.11. The van der Waals surface area contributed by atoms with Crippen molar-refractivity contribution in [3.8, 4) is 0 Å². The van der Waals surface area contributed by atoms with Gasteiger partial charge in [-0.3, -0.25) is 0 Å². The van der Waals surface area contributed by atoms with E-state index in [1.54, 1.807) is 6.07 Å². The van der Waals surface area contributed by atoms with Gasteiger partial charge in [0.15, 0.2) is 5.84 Å². The van der Waals surface area contributed by atoms with E-state index >= 15 is 0 Å². The van der Waals surface area contributed by atoms with E-state index in [-0.39, 0.29) is 5.84 Å². The van der Waals surface area contributed by atoms with Gasteiger partial charge in [0.1, 0.15) is 0 Å². The molecule has 0 spiro atoms. The fourth-order valence-corrected chi connectivity index (χ4v) is 2.16. The van der Waals surface area contributed by atoms with Crippen LogP contribution < -0.4 is 5.73 Å². The lowest BCUT2D eigenvalue weighted by molar-refractivity contribution is 0.294. The van der Waals surface area contributed by atoms with Crippen molar-refractivity contribution < 1.29 is 5.21 Å². The van der Waals surface area contributed by atoms with E-state index in [1.165, 1.54) is 0 Å². The molecule has 0 bridgehead atoms. The van der Waals surface area contributed by atoms with E-state index in [9.17, 15) is 0 Å². The molecule has 0 amide bonds. The average molecular weight is 299 g/mol. The highest BCUT2D eigenvalue weighted by Crippen LogP contribution is 2.19. The van der Waals surface area contributed by atoms with Gasteiger partial charge in [0.05, 0.1) is 0 Å². The van der Waals surface area contributed by atoms with Crippen LogP contribution in [0.2, 0.25) is 5.02 Å². The first-order valence-corrected chi connectivity index (χ1v) is 6.91. The SMILES string of the molecule is CN(C)CCCN(C)Cc1ccc(/C(N)=N/O)cc1Cl. The van der Waals surface area contributed by atoms with E-state index in [0.717, 1.165) is 31.6 Å². The normalized spacial score (nSPS) is 12.4. The van der Waals surface area contributed by atoms with Crippen LogP contribution in [0.4, 0.5) is 0 Å². The van der Waals surface area contributed by atoms with E-state index in [1.807, 2.05) is 12.1 Å². The van der Waals surface area contributed by atoms with E-state index < -0.39 is 0 Å². The molecule has 0 heterocycles. The second-order valence-corrected chi connectivity index (χ2v) is 5.59. The second kappa shape index (κ2) is 8.09. The smallest absolute Gasteiger partial charge is 0.170 e. The molecule has 0 saturated carbocycles. The van der Waals surface area contributed by atoms with Crippen LogP contribution in [0.3, 0.4) is 0 Å². The van der Waals surface area contributed by atoms with Gasteiger partial charge in [0.25, 0.3) is 0 Å². The highest BCUT2D eigenvalue weighted by Gasteiger charge is 2.07. The maximum absolute atomic E-state index is 8.64. The number of rotatable bonds is 7. The summed E-state index contributed by atoms with van der Waals surface area (Å²) in [5.41, 5.74) is 7.19. The lowest BCUT2D eigenvalue weighted by Crippen LogP contribution is -2.23. The van der Waals surface area contributed by atoms with Gasteiger partial charge in [-0.2, -0.15) is 0 Å². The Morgan fingerprint density at radius 2 is 2.00 bits per heavy atom. The maximum atomic E-state index is 8.64. The molecule has 1 aromatic carbocycles. The minimum Gasteiger partial charge on any atom is -0.409 e. The van der Waals surface area contributed by atoms with Crippen molar-refractivity contribution in [2.75, 3.05) is 34.2 Å². The first-order chi connectivity index (χ1) is 9.43. The molecule has 0 aliphatic rings. The number of halogens is 1. The molecule has 0 aliphatic heterocycles. The third-order valence-corrected chi connectivity index (χ3v) is 3.39. The van der Waals surface area contributed by atoms with E-state index in [2.05, 4.69) is 36.1 Å². The van der Waals surface area contributed by atoms with Crippen LogP contribution in [-0.2, 0) is 6.54 Å². The first-order valence-electron chi connectivity index (χ1n) is 6.53. The summed E-state index contributed by atoms with van der Waals surface area (Å²) >= 11 is 6.23. The molecule has 112 valence electrons. The van der Waals surface area contributed by atoms with Gasteiger partial charge in [-0.25, -0.2) is 0 Å². The zero-order valence-electron chi connectivity index (χ0n) is 12.3. The van der Waals surface area contributed by atoms with Gasteiger partial charge in [-0.1, -0.05) is 28.9 Å². The quantitative estimate of drug-likeness (QED) is 0.349. The Hall–Kier alpha value is -1.30. The lowest BCUT2D eigenvalue weighted by atomic mass is 10.1. The predicted octanol–water partition coefficient (Wildman–Crippen LogP) is 1.82. The molecule has 0 unspecified atom stereocenters. The Bertz CT molecular complexity index is 462. The molecule has 0 fully saturated rings. The minimum absolute atomic E-state index is 0.0674. The molecule has 0 atom stereocenters. The number of benzene rings is 1. The third-order valence-electron chi connectivity index (χ3n) is 3.04. The van der Waals surface area contributed by atoms with Crippen LogP contribution in [-0.4, -0.2) is 55.1 Å². The van der Waals surface area contributed by atoms with Crippen LogP contribution in [0.15, 0.2) is 23.4 Å². The Kier molecular flexibility index (Phi) is 6.78. The molecular weight excluding hydrogens is 276 g/mol. The van der Waals surface area contributed by atoms with Crippen molar-refractivity contribution in [3.05, 3.63) is 34.3 Å². The molecule has 6 heteroatoms. The van der Waals surface area contributed by atoms with Crippen LogP contribution in [0, 0.1) is 0 Å². The van der Waals surface area contributed by atoms with E-state index in [0.29, 0.717) is 10.6 Å². The summed E-state index contributed by atoms with van der Waals surface area (Å²) < 4.78 is 0. The van der Waals surface area contributed by atoms with Crippen molar-refractivity contribution in [1.82, 2.24) is 9.80 Å². The maximum Gasteiger partial charge on any atom is 0.170 e. The van der Waals surface area contributed by atoms with Crippen LogP contribution in [0.1, 0.15) is 17.5 Å². The summed E-state index contributed by atoms with van der Waals surface area (Å²) in [4.78, 5) is 4.40. The van der Waals surface area contributed by atoms with E-state index in [4.69, 9.17) is 22.5 Å². The molecular formula is C14H23ClN4O. The van der Waals surface area contributed by atoms with Gasteiger partial charge in [-0.05, 0) is 52.3 Å². The number of hydrogen-bond donors (Lipinski definition) is 2. The van der Waals surface area contributed by atoms with Crippen LogP contribution in [0.5, 0.6) is 0 Å². The number of nitrogens with two attached hydrogens (primary N) is 1. The first kappa shape index (κ1) is 16.8. The van der Waals surface area contributed by atoms with Crippen LogP contribution in [0.25, 0.3) is 0 Å². The molecule has 0 aromatic heterocycles. The highest BCUT2D eigenvalue weighted by atomic mass is 35.5. The average Bonchev–Trinajstić information content (AvgIpc) is 2.39. The lowest BCUT2D eigenvalue weighted by Gasteiger charge is -2.19. The van der Waals surface area contributed by atoms with Crippen molar-refractivity contribution in [3.63, 3.8) is 0 Å². The van der Waals surface area contributed by atoms with Gasteiger partial charge in [-0.15, -0.1) is 0 Å². The molecule has 3 N–H and O–H groups in total. The second-order valence-electron chi connectivity index (χ2n) is 5.19. The molecule has 1 aromatic rings. The fraction of sp³-hybridized carbons (Fsp3) is 0.500. The van der Waals surface area contributed by atoms with Crippen molar-refractivity contribution in [1.29, 1.82) is 0 Å². The van der Waals surface area contributed by atoms with Crippen molar-refractivity contribution in [2.24, 2.45) is 10.9 Å². The third kappa shape index (κ3) is 5.36. The van der Waals surface area contributed by atoms with Gasteiger partial charge < -0.3 is 20.7 Å². The molecule has 5 nitrogen and oxygen atoms in total. The Balaban J connectivity index is 2.60. The molecule has 20 heavy (non-hydrogen) atoms. The summed E-state index contributed by atoms with van der Waals surface area (Å²) in [5, 5.41) is 12.2. The Morgan fingerprint density at radius 1 is 1.30 bits per heavy atom. The van der Waals surface area contributed by atoms with Gasteiger partial charge in [0.2, 0.25) is 0 Å². The highest BCUT2D eigenvalue weighted by molar-refractivity contribution is 6.31. The zero-order chi connectivity index (χ0) is 15.1. The molecule has 0 radical (unpaired) electrons. The number of nitrogens with zero attached hydrogens (tertiary/aromatic N) is 3. The molecule has 0 saturated heterocycles. The predicted molar refractivity (Wildman–Crippen MR) is 83.5 cm³/mol. The zero-order valence-corrected chi connectivity index (χ0v) is 13.1. The Morgan fingerprint density at radius 3 is 2.55 bits per heavy atom. The fourth-order valence-electron chi connectivity index (χ4n) is 1.92. The summed E-state index contributed by atoms with van der Waals surface area (Å²) in [6, 6.07) is 5.45. The van der Waals surface area contributed by atoms with Crippen molar-refractivity contribution in [2.45, 2.75) is 13.0 Å². The summed E-state index contributed by atoms with van der Waals surface area (Å²) in [5.74, 6) is 0.0674. The Labute approximate surface area is 125 Å². The molecule has 1 rings (SSSR count). The summed E-state index contributed by atoms with van der Waals surface area (Å²) in [6.45, 7) is 2.86. The van der Waals surface area contributed by atoms with Gasteiger partial charge >= 0.3 is 0 Å². The number of hydrogen-bond acceptors (Lipinski definition) is 4. The van der Waals surface area contributed by atoms with Crippen molar-refractivity contribution >= 4 is 17.4 Å². The largest absolute Gasteiger partial charge is 0.409 e. The monoisotopic (exact) mass is 298 g/mol. The standard InChI is InChI=1S/C14H23ClN4O/c1-18(2)7-4-8-19(3)10-12-6-5-11(9-13(12)15)14(16)17-20/h5-6,9,20H,4,7-8,10H2,1-3H3,(H2,16,17). The van der Waals surface area contributed by atoms with Gasteiger partial charge in [0, 0.05) is 17.1 Å². The topological polar surface area (TPSA) is 65.1 Å². The number of amidine groups is 1. The van der Waals surface area contributed by atoms with Crippen LogP contribution >= 0.6 is 11.6 Å².